The molecule has 0 unspecified atom stereocenters. The maximum Gasteiger partial charge on any atom is 0.230 e. The number of thioether (sulfide) groups is 1. The van der Waals surface area contributed by atoms with Crippen LogP contribution in [0.3, 0.4) is 0 Å². The minimum Gasteiger partial charge on any atom is -0.399 e. The van der Waals surface area contributed by atoms with Crippen molar-refractivity contribution >= 4 is 34.7 Å². The van der Waals surface area contributed by atoms with Gasteiger partial charge in [0.15, 0.2) is 0 Å². The van der Waals surface area contributed by atoms with E-state index < -0.39 is 0 Å². The van der Waals surface area contributed by atoms with E-state index in [9.17, 15) is 4.79 Å². The highest BCUT2D eigenvalue weighted by Crippen LogP contribution is 2.18. The molecule has 1 heterocycles. The molecule has 0 fully saturated rings. The Hall–Kier alpha value is -1.46. The van der Waals surface area contributed by atoms with E-state index in [-0.39, 0.29) is 5.91 Å². The Bertz CT molecular complexity index is 509. The lowest BCUT2D eigenvalue weighted by Gasteiger charge is -2.04. The van der Waals surface area contributed by atoms with Crippen molar-refractivity contribution in [1.82, 2.24) is 5.32 Å². The average Bonchev–Trinajstić information content (AvgIpc) is 2.91. The van der Waals surface area contributed by atoms with E-state index in [4.69, 9.17) is 5.73 Å². The predicted molar refractivity (Wildman–Crippen MR) is 82.6 cm³/mol. The predicted octanol–water partition coefficient (Wildman–Crippen LogP) is 2.78. The van der Waals surface area contributed by atoms with Crippen molar-refractivity contribution in [3.8, 4) is 0 Å². The van der Waals surface area contributed by atoms with Gasteiger partial charge in [0.25, 0.3) is 0 Å². The van der Waals surface area contributed by atoms with Crippen molar-refractivity contribution in [3.63, 3.8) is 0 Å². The van der Waals surface area contributed by atoms with Gasteiger partial charge >= 0.3 is 0 Å². The number of nitrogens with two attached hydrogens (primary N) is 1. The SMILES string of the molecule is Nc1ccc(SCC(=O)NCCc2cccs2)cc1. The zero-order valence-corrected chi connectivity index (χ0v) is 12.1. The fraction of sp³-hybridized carbons (Fsp3) is 0.214. The molecule has 0 atom stereocenters. The number of nitrogens with one attached hydrogen (secondary N) is 1. The largest absolute Gasteiger partial charge is 0.399 e. The molecule has 1 aromatic heterocycles. The van der Waals surface area contributed by atoms with Gasteiger partial charge in [0, 0.05) is 22.0 Å². The number of rotatable bonds is 6. The fourth-order valence-corrected chi connectivity index (χ4v) is 2.98. The van der Waals surface area contributed by atoms with E-state index in [1.165, 1.54) is 16.6 Å². The van der Waals surface area contributed by atoms with Crippen LogP contribution in [-0.4, -0.2) is 18.2 Å². The quantitative estimate of drug-likeness (QED) is 0.636. The van der Waals surface area contributed by atoms with Crippen LogP contribution in [-0.2, 0) is 11.2 Å². The molecule has 1 aromatic carbocycles. The van der Waals surface area contributed by atoms with E-state index in [0.29, 0.717) is 12.3 Å². The first-order chi connectivity index (χ1) is 9.24. The van der Waals surface area contributed by atoms with Gasteiger partial charge in [0.1, 0.15) is 0 Å². The molecular weight excluding hydrogens is 276 g/mol. The highest BCUT2D eigenvalue weighted by molar-refractivity contribution is 8.00. The molecule has 0 aliphatic carbocycles. The van der Waals surface area contributed by atoms with Crippen LogP contribution < -0.4 is 11.1 Å². The van der Waals surface area contributed by atoms with Gasteiger partial charge in [-0.05, 0) is 42.1 Å². The summed E-state index contributed by atoms with van der Waals surface area (Å²) in [6.45, 7) is 0.696. The zero-order chi connectivity index (χ0) is 13.5. The number of hydrogen-bond acceptors (Lipinski definition) is 4. The number of carbonyl (C=O) groups excluding carboxylic acids is 1. The van der Waals surface area contributed by atoms with Crippen molar-refractivity contribution in [1.29, 1.82) is 0 Å². The lowest BCUT2D eigenvalue weighted by atomic mass is 10.3. The molecule has 0 spiro atoms. The van der Waals surface area contributed by atoms with Crippen LogP contribution in [0.4, 0.5) is 5.69 Å². The Morgan fingerprint density at radius 1 is 1.26 bits per heavy atom. The normalized spacial score (nSPS) is 10.3. The summed E-state index contributed by atoms with van der Waals surface area (Å²) in [6.07, 6.45) is 0.899. The highest BCUT2D eigenvalue weighted by atomic mass is 32.2. The first-order valence-corrected chi connectivity index (χ1v) is 7.88. The van der Waals surface area contributed by atoms with Crippen LogP contribution in [0.2, 0.25) is 0 Å². The van der Waals surface area contributed by atoms with E-state index in [1.54, 1.807) is 11.3 Å². The van der Waals surface area contributed by atoms with Crippen LogP contribution in [0.25, 0.3) is 0 Å². The molecule has 1 amide bonds. The van der Waals surface area contributed by atoms with Crippen LogP contribution in [0.1, 0.15) is 4.88 Å². The number of nitrogen functional groups attached to an aromatic ring is 1. The van der Waals surface area contributed by atoms with Gasteiger partial charge in [-0.3, -0.25) is 4.79 Å². The van der Waals surface area contributed by atoms with E-state index >= 15 is 0 Å². The number of anilines is 1. The summed E-state index contributed by atoms with van der Waals surface area (Å²) in [5.41, 5.74) is 6.35. The second-order valence-electron chi connectivity index (χ2n) is 4.04. The summed E-state index contributed by atoms with van der Waals surface area (Å²) in [6, 6.07) is 11.7. The summed E-state index contributed by atoms with van der Waals surface area (Å²) < 4.78 is 0. The molecule has 0 aliphatic heterocycles. The molecule has 0 bridgehead atoms. The minimum absolute atomic E-state index is 0.0679. The zero-order valence-electron chi connectivity index (χ0n) is 10.5. The van der Waals surface area contributed by atoms with E-state index in [2.05, 4.69) is 11.4 Å². The lowest BCUT2D eigenvalue weighted by molar-refractivity contribution is -0.118. The van der Waals surface area contributed by atoms with Crippen LogP contribution >= 0.6 is 23.1 Å². The third-order valence-electron chi connectivity index (χ3n) is 2.52. The second-order valence-corrected chi connectivity index (χ2v) is 6.12. The van der Waals surface area contributed by atoms with Crippen LogP contribution in [0, 0.1) is 0 Å². The number of amides is 1. The Morgan fingerprint density at radius 3 is 2.74 bits per heavy atom. The Balaban J connectivity index is 1.65. The molecule has 100 valence electrons. The van der Waals surface area contributed by atoms with Crippen molar-refractivity contribution in [3.05, 3.63) is 46.7 Å². The van der Waals surface area contributed by atoms with Gasteiger partial charge in [-0.15, -0.1) is 23.1 Å². The highest BCUT2D eigenvalue weighted by Gasteiger charge is 2.02. The smallest absolute Gasteiger partial charge is 0.230 e. The summed E-state index contributed by atoms with van der Waals surface area (Å²) in [5, 5.41) is 4.97. The van der Waals surface area contributed by atoms with Gasteiger partial charge in [-0.25, -0.2) is 0 Å². The lowest BCUT2D eigenvalue weighted by Crippen LogP contribution is -2.27. The number of thiophene rings is 1. The van der Waals surface area contributed by atoms with E-state index in [0.717, 1.165) is 17.0 Å². The van der Waals surface area contributed by atoms with Gasteiger partial charge in [0.2, 0.25) is 5.91 Å². The van der Waals surface area contributed by atoms with Crippen molar-refractivity contribution in [2.24, 2.45) is 0 Å². The van der Waals surface area contributed by atoms with Crippen molar-refractivity contribution < 1.29 is 4.79 Å². The number of hydrogen-bond donors (Lipinski definition) is 2. The monoisotopic (exact) mass is 292 g/mol. The maximum absolute atomic E-state index is 11.7. The molecule has 2 aromatic rings. The fourth-order valence-electron chi connectivity index (χ4n) is 1.54. The molecule has 3 N–H and O–H groups in total. The van der Waals surface area contributed by atoms with Crippen molar-refractivity contribution in [2.75, 3.05) is 18.0 Å². The topological polar surface area (TPSA) is 55.1 Å². The van der Waals surface area contributed by atoms with E-state index in [1.807, 2.05) is 35.7 Å². The molecule has 3 nitrogen and oxygen atoms in total. The third kappa shape index (κ3) is 4.96. The van der Waals surface area contributed by atoms with Crippen molar-refractivity contribution in [2.45, 2.75) is 11.3 Å². The molecule has 5 heteroatoms. The van der Waals surface area contributed by atoms with Gasteiger partial charge < -0.3 is 11.1 Å². The number of benzene rings is 1. The van der Waals surface area contributed by atoms with Gasteiger partial charge in [-0.2, -0.15) is 0 Å². The first kappa shape index (κ1) is 14.0. The maximum atomic E-state index is 11.7. The molecular formula is C14H16N2OS2. The van der Waals surface area contributed by atoms with Crippen LogP contribution in [0.15, 0.2) is 46.7 Å². The number of carbonyl (C=O) groups is 1. The second kappa shape index (κ2) is 7.21. The first-order valence-electron chi connectivity index (χ1n) is 6.01. The Labute approximate surface area is 121 Å². The molecule has 0 aliphatic rings. The molecule has 19 heavy (non-hydrogen) atoms. The molecule has 0 saturated carbocycles. The standard InChI is InChI=1S/C14H16N2OS2/c15-11-3-5-13(6-4-11)19-10-14(17)16-8-7-12-2-1-9-18-12/h1-6,9H,7-8,10,15H2,(H,16,17). The average molecular weight is 292 g/mol. The minimum atomic E-state index is 0.0679. The Kier molecular flexibility index (Phi) is 5.30. The summed E-state index contributed by atoms with van der Waals surface area (Å²) in [7, 11) is 0. The van der Waals surface area contributed by atoms with Gasteiger partial charge in [-0.1, -0.05) is 6.07 Å². The molecule has 0 radical (unpaired) electrons. The summed E-state index contributed by atoms with van der Waals surface area (Å²) >= 11 is 3.24. The molecule has 2 rings (SSSR count). The third-order valence-corrected chi connectivity index (χ3v) is 4.47. The van der Waals surface area contributed by atoms with Crippen LogP contribution in [0.5, 0.6) is 0 Å². The summed E-state index contributed by atoms with van der Waals surface area (Å²) in [4.78, 5) is 14.0. The summed E-state index contributed by atoms with van der Waals surface area (Å²) in [5.74, 6) is 0.507. The van der Waals surface area contributed by atoms with Gasteiger partial charge in [0.05, 0.1) is 5.75 Å². The molecule has 0 saturated heterocycles. The Morgan fingerprint density at radius 2 is 2.05 bits per heavy atom.